The highest BCUT2D eigenvalue weighted by atomic mass is 19.1. The van der Waals surface area contributed by atoms with Gasteiger partial charge in [0.05, 0.1) is 6.42 Å². The smallest absolute Gasteiger partial charge is 0.224 e. The quantitative estimate of drug-likeness (QED) is 0.897. The van der Waals surface area contributed by atoms with Crippen LogP contribution < -0.4 is 5.32 Å². The van der Waals surface area contributed by atoms with Gasteiger partial charge in [0, 0.05) is 18.0 Å². The van der Waals surface area contributed by atoms with E-state index in [0.717, 1.165) is 18.1 Å². The third kappa shape index (κ3) is 3.26. The van der Waals surface area contributed by atoms with Crippen molar-refractivity contribution in [3.63, 3.8) is 0 Å². The van der Waals surface area contributed by atoms with Gasteiger partial charge in [-0.15, -0.1) is 0 Å². The van der Waals surface area contributed by atoms with Crippen molar-refractivity contribution in [2.45, 2.75) is 25.2 Å². The first kappa shape index (κ1) is 15.7. The Morgan fingerprint density at radius 2 is 1.91 bits per heavy atom. The number of halogens is 2. The van der Waals surface area contributed by atoms with E-state index in [2.05, 4.69) is 5.32 Å². The molecule has 1 aliphatic carbocycles. The number of hydrogen-bond donors (Lipinski definition) is 1. The third-order valence-electron chi connectivity index (χ3n) is 4.73. The molecule has 1 amide bonds. The Labute approximate surface area is 134 Å². The molecule has 2 aromatic carbocycles. The summed E-state index contributed by atoms with van der Waals surface area (Å²) in [6.07, 6.45) is 1.10. The topological polar surface area (TPSA) is 29.1 Å². The number of benzene rings is 2. The van der Waals surface area contributed by atoms with Crippen molar-refractivity contribution in [1.29, 1.82) is 0 Å². The zero-order chi connectivity index (χ0) is 16.4. The molecule has 120 valence electrons. The molecule has 1 saturated carbocycles. The highest BCUT2D eigenvalue weighted by Crippen LogP contribution is 2.54. The molecule has 2 aromatic rings. The molecule has 4 heteroatoms. The second-order valence-electron chi connectivity index (χ2n) is 6.32. The lowest BCUT2D eigenvalue weighted by Crippen LogP contribution is -2.34. The van der Waals surface area contributed by atoms with E-state index in [1.54, 1.807) is 0 Å². The molecule has 1 fully saturated rings. The lowest BCUT2D eigenvalue weighted by Gasteiger charge is -2.19. The van der Waals surface area contributed by atoms with Crippen LogP contribution in [-0.4, -0.2) is 12.5 Å². The van der Waals surface area contributed by atoms with Crippen molar-refractivity contribution < 1.29 is 13.6 Å². The molecule has 23 heavy (non-hydrogen) atoms. The van der Waals surface area contributed by atoms with Crippen molar-refractivity contribution in [1.82, 2.24) is 5.32 Å². The average molecular weight is 315 g/mol. The van der Waals surface area contributed by atoms with Crippen molar-refractivity contribution >= 4 is 5.91 Å². The van der Waals surface area contributed by atoms with Crippen LogP contribution in [-0.2, 0) is 16.6 Å². The van der Waals surface area contributed by atoms with E-state index in [0.29, 0.717) is 18.5 Å². The summed E-state index contributed by atoms with van der Waals surface area (Å²) in [6.45, 7) is 2.40. The Morgan fingerprint density at radius 1 is 1.22 bits per heavy atom. The Hall–Kier alpha value is -2.23. The summed E-state index contributed by atoms with van der Waals surface area (Å²) in [5.41, 5.74) is 1.02. The van der Waals surface area contributed by atoms with E-state index in [1.807, 2.05) is 37.3 Å². The number of hydrogen-bond acceptors (Lipinski definition) is 1. The Bertz CT molecular complexity index is 717. The molecule has 0 bridgehead atoms. The SMILES string of the molecule is CC1CC1(CNC(=O)Cc1ccccc1)c1ccc(F)cc1F. The fraction of sp³-hybridized carbons (Fsp3) is 0.316. The lowest BCUT2D eigenvalue weighted by atomic mass is 9.92. The van der Waals surface area contributed by atoms with Crippen LogP contribution in [0.25, 0.3) is 0 Å². The normalized spacial score (nSPS) is 22.7. The monoisotopic (exact) mass is 315 g/mol. The van der Waals surface area contributed by atoms with Gasteiger partial charge in [0.2, 0.25) is 5.91 Å². The maximum atomic E-state index is 14.1. The Balaban J connectivity index is 1.67. The molecular weight excluding hydrogens is 296 g/mol. The summed E-state index contributed by atoms with van der Waals surface area (Å²) in [7, 11) is 0. The standard InChI is InChI=1S/C19H19F2NO/c1-13-11-19(13,16-8-7-15(20)10-17(16)21)12-22-18(23)9-14-5-3-2-4-6-14/h2-8,10,13H,9,11-12H2,1H3,(H,22,23). The number of carbonyl (C=O) groups is 1. The van der Waals surface area contributed by atoms with Crippen LogP contribution in [0.3, 0.4) is 0 Å². The van der Waals surface area contributed by atoms with Crippen LogP contribution in [0.5, 0.6) is 0 Å². The van der Waals surface area contributed by atoms with Gasteiger partial charge in [-0.25, -0.2) is 8.78 Å². The molecular formula is C19H19F2NO. The summed E-state index contributed by atoms with van der Waals surface area (Å²) in [5.74, 6) is -0.939. The molecule has 0 heterocycles. The second-order valence-corrected chi connectivity index (χ2v) is 6.32. The van der Waals surface area contributed by atoms with Crippen molar-refractivity contribution in [2.24, 2.45) is 5.92 Å². The number of carbonyl (C=O) groups excluding carboxylic acids is 1. The van der Waals surface area contributed by atoms with E-state index in [-0.39, 0.29) is 11.8 Å². The van der Waals surface area contributed by atoms with E-state index in [4.69, 9.17) is 0 Å². The zero-order valence-electron chi connectivity index (χ0n) is 13.0. The van der Waals surface area contributed by atoms with Crippen LogP contribution in [0.1, 0.15) is 24.5 Å². The van der Waals surface area contributed by atoms with Gasteiger partial charge in [0.15, 0.2) is 0 Å². The van der Waals surface area contributed by atoms with Crippen LogP contribution in [0.4, 0.5) is 8.78 Å². The molecule has 2 unspecified atom stereocenters. The summed E-state index contributed by atoms with van der Waals surface area (Å²) >= 11 is 0. The molecule has 1 N–H and O–H groups in total. The molecule has 0 saturated heterocycles. The predicted molar refractivity (Wildman–Crippen MR) is 85.0 cm³/mol. The first-order valence-corrected chi connectivity index (χ1v) is 7.77. The Morgan fingerprint density at radius 3 is 2.52 bits per heavy atom. The average Bonchev–Trinajstić information content (AvgIpc) is 3.17. The van der Waals surface area contributed by atoms with Gasteiger partial charge in [-0.3, -0.25) is 4.79 Å². The summed E-state index contributed by atoms with van der Waals surface area (Å²) in [5, 5.41) is 2.91. The van der Waals surface area contributed by atoms with Gasteiger partial charge >= 0.3 is 0 Å². The fourth-order valence-electron chi connectivity index (χ4n) is 3.20. The van der Waals surface area contributed by atoms with Crippen molar-refractivity contribution in [3.05, 3.63) is 71.3 Å². The molecule has 3 rings (SSSR count). The molecule has 2 atom stereocenters. The summed E-state index contributed by atoms with van der Waals surface area (Å²) < 4.78 is 27.2. The van der Waals surface area contributed by atoms with Gasteiger partial charge in [0.25, 0.3) is 0 Å². The van der Waals surface area contributed by atoms with Crippen LogP contribution in [0.2, 0.25) is 0 Å². The minimum Gasteiger partial charge on any atom is -0.355 e. The molecule has 0 aliphatic heterocycles. The number of rotatable bonds is 5. The van der Waals surface area contributed by atoms with Crippen molar-refractivity contribution in [3.8, 4) is 0 Å². The summed E-state index contributed by atoms with van der Waals surface area (Å²) in [4.78, 5) is 12.1. The van der Waals surface area contributed by atoms with Crippen LogP contribution >= 0.6 is 0 Å². The molecule has 1 aliphatic rings. The Kier molecular flexibility index (Phi) is 4.16. The third-order valence-corrected chi connectivity index (χ3v) is 4.73. The minimum atomic E-state index is -0.581. The highest BCUT2D eigenvalue weighted by Gasteiger charge is 2.53. The maximum Gasteiger partial charge on any atom is 0.224 e. The van der Waals surface area contributed by atoms with E-state index < -0.39 is 17.0 Å². The van der Waals surface area contributed by atoms with E-state index in [1.165, 1.54) is 12.1 Å². The molecule has 0 radical (unpaired) electrons. The summed E-state index contributed by atoms with van der Waals surface area (Å²) in [6, 6.07) is 13.2. The second kappa shape index (κ2) is 6.11. The predicted octanol–water partition coefficient (Wildman–Crippen LogP) is 3.60. The lowest BCUT2D eigenvalue weighted by molar-refractivity contribution is -0.120. The zero-order valence-corrected chi connectivity index (χ0v) is 13.0. The first-order chi connectivity index (χ1) is 11.0. The largest absolute Gasteiger partial charge is 0.355 e. The first-order valence-electron chi connectivity index (χ1n) is 7.77. The number of nitrogens with one attached hydrogen (secondary N) is 1. The maximum absolute atomic E-state index is 14.1. The highest BCUT2D eigenvalue weighted by molar-refractivity contribution is 5.78. The van der Waals surface area contributed by atoms with Crippen LogP contribution in [0, 0.1) is 17.6 Å². The minimum absolute atomic E-state index is 0.0859. The molecule has 2 nitrogen and oxygen atoms in total. The van der Waals surface area contributed by atoms with Crippen LogP contribution in [0.15, 0.2) is 48.5 Å². The van der Waals surface area contributed by atoms with Gasteiger partial charge in [-0.1, -0.05) is 43.3 Å². The van der Waals surface area contributed by atoms with Gasteiger partial charge in [-0.05, 0) is 29.5 Å². The van der Waals surface area contributed by atoms with Gasteiger partial charge in [0.1, 0.15) is 11.6 Å². The van der Waals surface area contributed by atoms with E-state index >= 15 is 0 Å². The molecule has 0 spiro atoms. The van der Waals surface area contributed by atoms with Gasteiger partial charge < -0.3 is 5.32 Å². The van der Waals surface area contributed by atoms with Gasteiger partial charge in [-0.2, -0.15) is 0 Å². The van der Waals surface area contributed by atoms with Crippen molar-refractivity contribution in [2.75, 3.05) is 6.54 Å². The fourth-order valence-corrected chi connectivity index (χ4v) is 3.20. The molecule has 0 aromatic heterocycles. The number of amides is 1. The van der Waals surface area contributed by atoms with E-state index in [9.17, 15) is 13.6 Å².